The molecule has 30 heteroatoms. The number of imidazole rings is 1. The predicted molar refractivity (Wildman–Crippen MR) is 212 cm³/mol. The predicted octanol–water partition coefficient (Wildman–Crippen LogP) is 0.582. The number of aliphatic carboxylic acids is 1. The van der Waals surface area contributed by atoms with Gasteiger partial charge in [0.2, 0.25) is 16.9 Å². The molecule has 26 nitrogen and oxygen atoms in total. The van der Waals surface area contributed by atoms with Crippen molar-refractivity contribution in [1.82, 2.24) is 30.2 Å². The number of hydrogen-bond donors (Lipinski definition) is 10. The molecule has 9 atom stereocenters. The largest absolute Gasteiger partial charge is 0.481 e. The number of carbonyl (C=O) groups excluding carboxylic acids is 3. The summed E-state index contributed by atoms with van der Waals surface area (Å²) < 4.78 is 62.2. The topological polar surface area (TPSA) is 401 Å². The lowest BCUT2D eigenvalue weighted by atomic mass is 9.87. The van der Waals surface area contributed by atoms with Crippen LogP contribution in [0, 0.1) is 17.3 Å². The number of hydrogen-bond acceptors (Lipinski definition) is 19. The van der Waals surface area contributed by atoms with E-state index in [0.29, 0.717) is 0 Å². The van der Waals surface area contributed by atoms with Crippen LogP contribution in [0.2, 0.25) is 0 Å². The number of carboxylic acid groups (broad SMARTS) is 1. The van der Waals surface area contributed by atoms with Gasteiger partial charge in [-0.1, -0.05) is 58.7 Å². The van der Waals surface area contributed by atoms with E-state index in [1.165, 1.54) is 13.8 Å². The summed E-state index contributed by atoms with van der Waals surface area (Å²) in [7, 11) is -16.5. The van der Waals surface area contributed by atoms with Crippen LogP contribution in [0.4, 0.5) is 5.82 Å². The third-order valence-corrected chi connectivity index (χ3v) is 13.1. The van der Waals surface area contributed by atoms with Crippen molar-refractivity contribution in [1.29, 1.82) is 0 Å². The Labute approximate surface area is 353 Å². The maximum Gasteiger partial charge on any atom is 0.481 e. The van der Waals surface area contributed by atoms with Crippen LogP contribution in [0.1, 0.15) is 66.0 Å². The molecule has 2 aromatic rings. The van der Waals surface area contributed by atoms with E-state index < -0.39 is 102 Å². The van der Waals surface area contributed by atoms with Crippen molar-refractivity contribution in [3.63, 3.8) is 0 Å². The van der Waals surface area contributed by atoms with Crippen LogP contribution >= 0.6 is 35.2 Å². The van der Waals surface area contributed by atoms with Gasteiger partial charge in [0.1, 0.15) is 42.2 Å². The molecule has 3 heterocycles. The quantitative estimate of drug-likeness (QED) is 0.0350. The molecule has 346 valence electrons. The molecule has 0 aliphatic carbocycles. The first-order valence-corrected chi connectivity index (χ1v) is 24.1. The third-order valence-electron chi connectivity index (χ3n) is 9.02. The summed E-state index contributed by atoms with van der Waals surface area (Å²) in [5.41, 5.74) is 4.20. The summed E-state index contributed by atoms with van der Waals surface area (Å²) >= 11 is 0.792. The molecule has 0 radical (unpaired) electrons. The van der Waals surface area contributed by atoms with Gasteiger partial charge < -0.3 is 56.0 Å². The number of phosphoric ester groups is 3. The fourth-order valence-corrected chi connectivity index (χ4v) is 9.39. The Morgan fingerprint density at radius 2 is 1.72 bits per heavy atom. The highest BCUT2D eigenvalue weighted by molar-refractivity contribution is 8.13. The standard InChI is InChI=1S/C31H52N7O19P3S/c1-5-6-7-17(2)12-18(29(43)44)30(45)61-11-10-33-20(39)8-9-34-27(42)24(41)31(3,4)14-54-60(51,52)57-59(49,50)53-13-19-23(56-58(46,47)48)22(40)28(55-19)38-16-37-21-25(32)35-15-36-26(21)38/h15-19,22-24,28,40-41H,5-14H2,1-4H3,(H,33,39)(H,34,42)(H,43,44)(H,49,50)(H,51,52)(H2,32,35,36)(H2,46,47,48)/t17?,18?,19-,22-,23-,24+,28-/m1/s1. The second kappa shape index (κ2) is 22.6. The van der Waals surface area contributed by atoms with Gasteiger partial charge in [0.05, 0.1) is 19.5 Å². The molecule has 2 aromatic heterocycles. The molecule has 0 aromatic carbocycles. The van der Waals surface area contributed by atoms with E-state index in [1.807, 2.05) is 13.8 Å². The number of aromatic nitrogens is 4. The average Bonchev–Trinajstić information content (AvgIpc) is 3.72. The number of nitrogen functional groups attached to an aromatic ring is 1. The Morgan fingerprint density at radius 3 is 2.36 bits per heavy atom. The number of carbonyl (C=O) groups is 4. The first-order chi connectivity index (χ1) is 28.3. The summed E-state index contributed by atoms with van der Waals surface area (Å²) in [6.45, 7) is 4.05. The molecule has 1 aliphatic heterocycles. The minimum Gasteiger partial charge on any atom is -0.481 e. The Balaban J connectivity index is 1.46. The number of nitrogens with one attached hydrogen (secondary N) is 2. The summed E-state index contributed by atoms with van der Waals surface area (Å²) in [5.74, 6) is -3.81. The van der Waals surface area contributed by atoms with Gasteiger partial charge in [-0.25, -0.2) is 28.6 Å². The molecule has 61 heavy (non-hydrogen) atoms. The molecular formula is C31H52N7O19P3S. The number of fused-ring (bicyclic) bond motifs is 1. The zero-order chi connectivity index (χ0) is 45.9. The molecule has 0 spiro atoms. The van der Waals surface area contributed by atoms with Crippen molar-refractivity contribution in [3.8, 4) is 0 Å². The molecule has 1 saturated heterocycles. The number of aliphatic hydroxyl groups excluding tert-OH is 2. The average molecular weight is 952 g/mol. The fourth-order valence-electron chi connectivity index (χ4n) is 5.75. The lowest BCUT2D eigenvalue weighted by Gasteiger charge is -2.30. The molecule has 1 fully saturated rings. The highest BCUT2D eigenvalue weighted by Crippen LogP contribution is 2.61. The van der Waals surface area contributed by atoms with Gasteiger partial charge in [-0.05, 0) is 12.3 Å². The zero-order valence-electron chi connectivity index (χ0n) is 33.4. The normalized spacial score (nSPS) is 21.9. The molecule has 0 bridgehead atoms. The van der Waals surface area contributed by atoms with E-state index in [2.05, 4.69) is 34.4 Å². The van der Waals surface area contributed by atoms with Crippen LogP contribution in [-0.2, 0) is 55.5 Å². The zero-order valence-corrected chi connectivity index (χ0v) is 36.9. The summed E-state index contributed by atoms with van der Waals surface area (Å²) in [6, 6.07) is 0. The Morgan fingerprint density at radius 1 is 1.05 bits per heavy atom. The van der Waals surface area contributed by atoms with E-state index in [4.69, 9.17) is 19.5 Å². The minimum atomic E-state index is -5.60. The number of anilines is 1. The lowest BCUT2D eigenvalue weighted by Crippen LogP contribution is -2.46. The number of unbranched alkanes of at least 4 members (excludes halogenated alkanes) is 1. The molecule has 1 aliphatic rings. The molecule has 0 saturated carbocycles. The van der Waals surface area contributed by atoms with Crippen molar-refractivity contribution in [2.24, 2.45) is 17.3 Å². The third kappa shape index (κ3) is 16.3. The van der Waals surface area contributed by atoms with Gasteiger partial charge in [0, 0.05) is 30.7 Å². The minimum absolute atomic E-state index is 0.0193. The number of nitrogens with zero attached hydrogens (tertiary/aromatic N) is 4. The highest BCUT2D eigenvalue weighted by atomic mass is 32.2. The van der Waals surface area contributed by atoms with Gasteiger partial charge in [0.15, 0.2) is 17.7 Å². The number of phosphoric acid groups is 3. The van der Waals surface area contributed by atoms with Gasteiger partial charge in [-0.15, -0.1) is 0 Å². The van der Waals surface area contributed by atoms with E-state index in [1.54, 1.807) is 0 Å². The molecule has 11 N–H and O–H groups in total. The number of nitrogens with two attached hydrogens (primary N) is 1. The Bertz CT molecular complexity index is 1990. The number of thioether (sulfide) groups is 1. The van der Waals surface area contributed by atoms with Crippen LogP contribution < -0.4 is 16.4 Å². The monoisotopic (exact) mass is 951 g/mol. The van der Waals surface area contributed by atoms with Gasteiger partial charge in [-0.2, -0.15) is 4.31 Å². The highest BCUT2D eigenvalue weighted by Gasteiger charge is 2.50. The summed E-state index contributed by atoms with van der Waals surface area (Å²) in [5, 5.41) is 35.3. The van der Waals surface area contributed by atoms with E-state index in [0.717, 1.165) is 48.2 Å². The maximum absolute atomic E-state index is 12.7. The van der Waals surface area contributed by atoms with Gasteiger partial charge in [-0.3, -0.25) is 37.3 Å². The molecule has 4 unspecified atom stereocenters. The lowest BCUT2D eigenvalue weighted by molar-refractivity contribution is -0.145. The molecular weight excluding hydrogens is 899 g/mol. The molecule has 3 rings (SSSR count). The van der Waals surface area contributed by atoms with Crippen LogP contribution in [0.25, 0.3) is 11.2 Å². The molecule has 2 amide bonds. The van der Waals surface area contributed by atoms with E-state index in [9.17, 15) is 67.8 Å². The second-order valence-corrected chi connectivity index (χ2v) is 19.9. The number of amides is 2. The second-order valence-electron chi connectivity index (χ2n) is 14.6. The number of ether oxygens (including phenoxy) is 1. The van der Waals surface area contributed by atoms with E-state index >= 15 is 0 Å². The van der Waals surface area contributed by atoms with Crippen molar-refractivity contribution in [2.45, 2.75) is 90.4 Å². The summed E-state index contributed by atoms with van der Waals surface area (Å²) in [4.78, 5) is 100.0. The first-order valence-electron chi connectivity index (χ1n) is 18.6. The summed E-state index contributed by atoms with van der Waals surface area (Å²) in [6.07, 6.45) is -4.23. The number of rotatable bonds is 26. The van der Waals surface area contributed by atoms with Crippen molar-refractivity contribution in [2.75, 3.05) is 37.8 Å². The Hall–Kier alpha value is -2.97. The van der Waals surface area contributed by atoms with Gasteiger partial charge in [0.25, 0.3) is 0 Å². The Kier molecular flexibility index (Phi) is 19.4. The van der Waals surface area contributed by atoms with Crippen LogP contribution in [0.3, 0.4) is 0 Å². The number of carboxylic acids is 1. The van der Waals surface area contributed by atoms with Crippen LogP contribution in [0.15, 0.2) is 12.7 Å². The number of aliphatic hydroxyl groups is 2. The SMILES string of the molecule is CCCCC(C)CC(C(=O)O)C(=O)SCCNC(=O)CCNC(=O)[C@H](O)C(C)(C)COP(=O)(O)OP(=O)(O)OC[C@H]1O[C@@H](n2cnc3c(N)ncnc32)[C@H](O)[C@@H]1OP(=O)(O)O. The van der Waals surface area contributed by atoms with E-state index in [-0.39, 0.29) is 54.6 Å². The first kappa shape index (κ1) is 52.4. The van der Waals surface area contributed by atoms with Crippen LogP contribution in [-0.4, -0.2) is 134 Å². The van der Waals surface area contributed by atoms with Gasteiger partial charge >= 0.3 is 29.4 Å². The maximum atomic E-state index is 12.7. The smallest absolute Gasteiger partial charge is 0.481 e. The fraction of sp³-hybridized carbons (Fsp3) is 0.710. The van der Waals surface area contributed by atoms with Crippen LogP contribution in [0.5, 0.6) is 0 Å². The van der Waals surface area contributed by atoms with Crippen molar-refractivity contribution >= 4 is 75.1 Å². The van der Waals surface area contributed by atoms with Crippen molar-refractivity contribution in [3.05, 3.63) is 12.7 Å². The van der Waals surface area contributed by atoms with Crippen molar-refractivity contribution < 1.29 is 90.4 Å².